The van der Waals surface area contributed by atoms with Gasteiger partial charge in [0.2, 0.25) is 0 Å². The largest absolute Gasteiger partial charge is 0.495 e. The number of methoxy groups -OCH3 is 2. The van der Waals surface area contributed by atoms with E-state index in [1.54, 1.807) is 20.3 Å². The van der Waals surface area contributed by atoms with Crippen LogP contribution >= 0.6 is 11.6 Å². The summed E-state index contributed by atoms with van der Waals surface area (Å²) in [6.07, 6.45) is 1.07. The average Bonchev–Trinajstić information content (AvgIpc) is 2.28. The molecule has 1 rings (SSSR count). The van der Waals surface area contributed by atoms with Crippen LogP contribution in [0.2, 0.25) is 5.02 Å². The molecule has 18 heavy (non-hydrogen) atoms. The van der Waals surface area contributed by atoms with E-state index in [2.05, 4.69) is 26.1 Å². The van der Waals surface area contributed by atoms with Crippen LogP contribution in [0.3, 0.4) is 0 Å². The number of hydrogen-bond donors (Lipinski definition) is 1. The lowest BCUT2D eigenvalue weighted by molar-refractivity contribution is 0.387. The summed E-state index contributed by atoms with van der Waals surface area (Å²) in [6, 6.07) is 3.63. The first kappa shape index (κ1) is 15.0. The number of anilines is 1. The van der Waals surface area contributed by atoms with Crippen LogP contribution in [-0.4, -0.2) is 20.8 Å². The number of halogens is 1. The van der Waals surface area contributed by atoms with Crippen molar-refractivity contribution in [3.63, 3.8) is 0 Å². The van der Waals surface area contributed by atoms with Gasteiger partial charge in [-0.05, 0) is 11.8 Å². The molecule has 3 nitrogen and oxygen atoms in total. The molecule has 0 heterocycles. The Bertz CT molecular complexity index is 400. The van der Waals surface area contributed by atoms with Crippen molar-refractivity contribution in [2.45, 2.75) is 27.2 Å². The van der Waals surface area contributed by atoms with Crippen LogP contribution < -0.4 is 14.8 Å². The molecule has 0 aromatic heterocycles. The highest BCUT2D eigenvalue weighted by atomic mass is 35.5. The molecule has 0 unspecified atom stereocenters. The number of hydrogen-bond acceptors (Lipinski definition) is 3. The first-order chi connectivity index (χ1) is 8.37. The first-order valence-electron chi connectivity index (χ1n) is 6.03. The quantitative estimate of drug-likeness (QED) is 0.870. The molecule has 1 N–H and O–H groups in total. The second-order valence-corrected chi connectivity index (χ2v) is 5.83. The molecule has 0 fully saturated rings. The molecule has 0 saturated heterocycles. The third-order valence-electron chi connectivity index (χ3n) is 2.66. The summed E-state index contributed by atoms with van der Waals surface area (Å²) in [4.78, 5) is 0. The van der Waals surface area contributed by atoms with Gasteiger partial charge < -0.3 is 14.8 Å². The highest BCUT2D eigenvalue weighted by Crippen LogP contribution is 2.36. The van der Waals surface area contributed by atoms with Crippen molar-refractivity contribution in [3.05, 3.63) is 17.2 Å². The zero-order chi connectivity index (χ0) is 13.8. The Morgan fingerprint density at radius 2 is 1.72 bits per heavy atom. The maximum Gasteiger partial charge on any atom is 0.143 e. The van der Waals surface area contributed by atoms with Crippen molar-refractivity contribution in [3.8, 4) is 11.5 Å². The lowest BCUT2D eigenvalue weighted by Gasteiger charge is -2.20. The van der Waals surface area contributed by atoms with E-state index >= 15 is 0 Å². The fourth-order valence-electron chi connectivity index (χ4n) is 1.57. The van der Waals surface area contributed by atoms with Gasteiger partial charge in [-0.1, -0.05) is 32.4 Å². The number of rotatable bonds is 5. The van der Waals surface area contributed by atoms with E-state index < -0.39 is 0 Å². The minimum Gasteiger partial charge on any atom is -0.495 e. The Morgan fingerprint density at radius 1 is 1.11 bits per heavy atom. The van der Waals surface area contributed by atoms with Gasteiger partial charge in [0.1, 0.15) is 11.5 Å². The molecule has 0 atom stereocenters. The SMILES string of the molecule is COc1cc(NCCC(C)(C)C)c(OC)cc1Cl. The fourth-order valence-corrected chi connectivity index (χ4v) is 1.80. The molecule has 0 bridgehead atoms. The van der Waals surface area contributed by atoms with E-state index in [4.69, 9.17) is 21.1 Å². The Morgan fingerprint density at radius 3 is 2.22 bits per heavy atom. The maximum atomic E-state index is 6.05. The predicted octanol–water partition coefficient (Wildman–Crippen LogP) is 4.21. The molecular formula is C14H22ClNO2. The van der Waals surface area contributed by atoms with Crippen LogP contribution in [0.15, 0.2) is 12.1 Å². The molecule has 1 aromatic carbocycles. The van der Waals surface area contributed by atoms with E-state index in [-0.39, 0.29) is 0 Å². The Hall–Kier alpha value is -1.09. The zero-order valence-corrected chi connectivity index (χ0v) is 12.5. The monoisotopic (exact) mass is 271 g/mol. The van der Waals surface area contributed by atoms with Crippen molar-refractivity contribution in [2.24, 2.45) is 5.41 Å². The number of ether oxygens (including phenoxy) is 2. The van der Waals surface area contributed by atoms with E-state index in [0.29, 0.717) is 16.2 Å². The lowest BCUT2D eigenvalue weighted by atomic mass is 9.92. The van der Waals surface area contributed by atoms with E-state index in [9.17, 15) is 0 Å². The zero-order valence-electron chi connectivity index (χ0n) is 11.8. The van der Waals surface area contributed by atoms with Crippen LogP contribution in [0.5, 0.6) is 11.5 Å². The van der Waals surface area contributed by atoms with Crippen molar-refractivity contribution in [1.82, 2.24) is 0 Å². The van der Waals surface area contributed by atoms with Gasteiger partial charge in [0.05, 0.1) is 24.9 Å². The van der Waals surface area contributed by atoms with Crippen LogP contribution in [-0.2, 0) is 0 Å². The van der Waals surface area contributed by atoms with Crippen molar-refractivity contribution in [2.75, 3.05) is 26.1 Å². The topological polar surface area (TPSA) is 30.5 Å². The van der Waals surface area contributed by atoms with Crippen LogP contribution in [0, 0.1) is 5.41 Å². The van der Waals surface area contributed by atoms with Crippen LogP contribution in [0.4, 0.5) is 5.69 Å². The molecule has 0 aliphatic rings. The highest BCUT2D eigenvalue weighted by molar-refractivity contribution is 6.32. The van der Waals surface area contributed by atoms with Gasteiger partial charge in [0.25, 0.3) is 0 Å². The summed E-state index contributed by atoms with van der Waals surface area (Å²) >= 11 is 6.05. The average molecular weight is 272 g/mol. The molecule has 4 heteroatoms. The standard InChI is InChI=1S/C14H22ClNO2/c1-14(2,3)6-7-16-11-9-12(17-4)10(15)8-13(11)18-5/h8-9,16H,6-7H2,1-5H3. The minimum atomic E-state index is 0.302. The molecule has 0 radical (unpaired) electrons. The summed E-state index contributed by atoms with van der Waals surface area (Å²) < 4.78 is 10.5. The summed E-state index contributed by atoms with van der Waals surface area (Å²) in [5, 5.41) is 3.91. The van der Waals surface area contributed by atoms with Crippen molar-refractivity contribution in [1.29, 1.82) is 0 Å². The highest BCUT2D eigenvalue weighted by Gasteiger charge is 2.12. The van der Waals surface area contributed by atoms with Gasteiger partial charge in [-0.25, -0.2) is 0 Å². The number of nitrogens with one attached hydrogen (secondary N) is 1. The van der Waals surface area contributed by atoms with Crippen LogP contribution in [0.25, 0.3) is 0 Å². The fraction of sp³-hybridized carbons (Fsp3) is 0.571. The third kappa shape index (κ3) is 4.30. The molecule has 0 saturated carbocycles. The Kier molecular flexibility index (Phi) is 5.15. The van der Waals surface area contributed by atoms with Gasteiger partial charge >= 0.3 is 0 Å². The smallest absolute Gasteiger partial charge is 0.143 e. The normalized spacial score (nSPS) is 11.2. The van der Waals surface area contributed by atoms with Gasteiger partial charge in [-0.3, -0.25) is 0 Å². The van der Waals surface area contributed by atoms with Gasteiger partial charge in [-0.15, -0.1) is 0 Å². The van der Waals surface area contributed by atoms with E-state index in [1.807, 2.05) is 6.07 Å². The second kappa shape index (κ2) is 6.19. The van der Waals surface area contributed by atoms with Gasteiger partial charge in [0, 0.05) is 18.7 Å². The van der Waals surface area contributed by atoms with Gasteiger partial charge in [-0.2, -0.15) is 0 Å². The van der Waals surface area contributed by atoms with Crippen molar-refractivity contribution < 1.29 is 9.47 Å². The second-order valence-electron chi connectivity index (χ2n) is 5.42. The van der Waals surface area contributed by atoms with Crippen LogP contribution in [0.1, 0.15) is 27.2 Å². The molecule has 102 valence electrons. The van der Waals surface area contributed by atoms with Gasteiger partial charge in [0.15, 0.2) is 0 Å². The molecule has 1 aromatic rings. The summed E-state index contributed by atoms with van der Waals surface area (Å²) in [7, 11) is 3.24. The molecule has 0 aliphatic heterocycles. The molecule has 0 aliphatic carbocycles. The first-order valence-corrected chi connectivity index (χ1v) is 6.40. The maximum absolute atomic E-state index is 6.05. The minimum absolute atomic E-state index is 0.302. The van der Waals surface area contributed by atoms with E-state index in [0.717, 1.165) is 24.4 Å². The summed E-state index contributed by atoms with van der Waals surface area (Å²) in [5.41, 5.74) is 1.21. The predicted molar refractivity (Wildman–Crippen MR) is 77.1 cm³/mol. The third-order valence-corrected chi connectivity index (χ3v) is 2.96. The Labute approximate surface area is 114 Å². The molecular weight excluding hydrogens is 250 g/mol. The summed E-state index contributed by atoms with van der Waals surface area (Å²) in [5.74, 6) is 1.38. The molecule has 0 amide bonds. The van der Waals surface area contributed by atoms with Crippen molar-refractivity contribution >= 4 is 17.3 Å². The summed E-state index contributed by atoms with van der Waals surface area (Å²) in [6.45, 7) is 7.53. The van der Waals surface area contributed by atoms with E-state index in [1.165, 1.54) is 0 Å². The number of benzene rings is 1. The Balaban J connectivity index is 2.80. The lowest BCUT2D eigenvalue weighted by Crippen LogP contribution is -2.13. The molecule has 0 spiro atoms.